The third kappa shape index (κ3) is 4.16. The van der Waals surface area contributed by atoms with Gasteiger partial charge >= 0.3 is 0 Å². The molecule has 0 atom stereocenters. The molecule has 2 fully saturated rings. The first kappa shape index (κ1) is 20.0. The van der Waals surface area contributed by atoms with Crippen LogP contribution in [0.25, 0.3) is 10.9 Å². The molecule has 0 unspecified atom stereocenters. The van der Waals surface area contributed by atoms with Crippen molar-refractivity contribution in [2.45, 2.75) is 77.3 Å². The quantitative estimate of drug-likeness (QED) is 0.728. The molecule has 1 aliphatic carbocycles. The van der Waals surface area contributed by atoms with E-state index in [1.54, 1.807) is 0 Å². The highest BCUT2D eigenvalue weighted by Gasteiger charge is 2.30. The van der Waals surface area contributed by atoms with Crippen LogP contribution in [0.3, 0.4) is 0 Å². The first-order valence-corrected chi connectivity index (χ1v) is 11.7. The van der Waals surface area contributed by atoms with Crippen molar-refractivity contribution in [3.8, 4) is 0 Å². The fourth-order valence-corrected chi connectivity index (χ4v) is 5.73. The van der Waals surface area contributed by atoms with Crippen molar-refractivity contribution in [1.82, 2.24) is 9.47 Å². The fourth-order valence-electron chi connectivity index (χ4n) is 5.73. The number of aryl methyl sites for hydroxylation is 1. The molecule has 1 saturated carbocycles. The van der Waals surface area contributed by atoms with Crippen LogP contribution in [0.2, 0.25) is 0 Å². The number of benzene rings is 1. The molecule has 2 heterocycles. The topological polar surface area (TPSA) is 34.2 Å². The van der Waals surface area contributed by atoms with Gasteiger partial charge in [0, 0.05) is 42.3 Å². The summed E-state index contributed by atoms with van der Waals surface area (Å²) in [6, 6.07) is 10.5. The minimum atomic E-state index is 0.653. The molecule has 2 N–H and O–H groups in total. The van der Waals surface area contributed by atoms with Crippen LogP contribution >= 0.6 is 0 Å². The van der Waals surface area contributed by atoms with Crippen molar-refractivity contribution in [3.63, 3.8) is 0 Å². The zero-order chi connectivity index (χ0) is 19.5. The minimum absolute atomic E-state index is 0.653. The van der Waals surface area contributed by atoms with Crippen LogP contribution in [-0.2, 0) is 6.42 Å². The molecule has 4 rings (SSSR count). The second-order valence-electron chi connectivity index (χ2n) is 9.55. The van der Waals surface area contributed by atoms with Gasteiger partial charge < -0.3 is 15.2 Å². The number of piperidine rings is 1. The number of likely N-dealkylation sites (tertiary alicyclic amines) is 1. The summed E-state index contributed by atoms with van der Waals surface area (Å²) in [7, 11) is 0. The molecule has 0 amide bonds. The van der Waals surface area contributed by atoms with Crippen LogP contribution in [0.4, 0.5) is 0 Å². The standard InChI is InChI=1S/C25H39N3/c1-19(2)20-9-11-22(12-10-20)27-16-13-23(14-17-27)28-18-21(6-5-15-26)24-7-3-4-8-25(24)28/h3-4,7-8,18-20,22-23H,5-6,9-17,26H2,1-2H3/t20-,22+. The Morgan fingerprint density at radius 1 is 0.964 bits per heavy atom. The lowest BCUT2D eigenvalue weighted by molar-refractivity contribution is 0.0894. The monoisotopic (exact) mass is 381 g/mol. The van der Waals surface area contributed by atoms with Gasteiger partial charge in [-0.15, -0.1) is 0 Å². The van der Waals surface area contributed by atoms with Gasteiger partial charge in [0.15, 0.2) is 0 Å². The molecular formula is C25H39N3. The van der Waals surface area contributed by atoms with Crippen LogP contribution in [0.1, 0.15) is 70.4 Å². The lowest BCUT2D eigenvalue weighted by Gasteiger charge is -2.42. The predicted molar refractivity (Wildman–Crippen MR) is 120 cm³/mol. The van der Waals surface area contributed by atoms with Crippen molar-refractivity contribution in [2.75, 3.05) is 19.6 Å². The van der Waals surface area contributed by atoms with Gasteiger partial charge in [-0.1, -0.05) is 32.0 Å². The zero-order valence-electron chi connectivity index (χ0n) is 17.9. The number of hydrogen-bond acceptors (Lipinski definition) is 2. The van der Waals surface area contributed by atoms with E-state index in [1.165, 1.54) is 68.1 Å². The van der Waals surface area contributed by atoms with Crippen molar-refractivity contribution in [1.29, 1.82) is 0 Å². The molecular weight excluding hydrogens is 342 g/mol. The highest BCUT2D eigenvalue weighted by Crippen LogP contribution is 2.36. The first-order chi connectivity index (χ1) is 13.7. The van der Waals surface area contributed by atoms with Crippen LogP contribution in [0, 0.1) is 11.8 Å². The number of hydrogen-bond donors (Lipinski definition) is 1. The summed E-state index contributed by atoms with van der Waals surface area (Å²) in [6.07, 6.45) is 12.9. The maximum Gasteiger partial charge on any atom is 0.0485 e. The molecule has 0 spiro atoms. The SMILES string of the molecule is CC(C)[C@H]1CC[C@@H](N2CCC(n3cc(CCCN)c4ccccc43)CC2)CC1. The van der Waals surface area contributed by atoms with E-state index in [0.29, 0.717) is 6.04 Å². The molecule has 1 aliphatic heterocycles. The van der Waals surface area contributed by atoms with E-state index < -0.39 is 0 Å². The lowest BCUT2D eigenvalue weighted by atomic mass is 9.79. The molecule has 2 aromatic rings. The summed E-state index contributed by atoms with van der Waals surface area (Å²) < 4.78 is 2.59. The number of fused-ring (bicyclic) bond motifs is 1. The van der Waals surface area contributed by atoms with Gasteiger partial charge in [-0.3, -0.25) is 0 Å². The van der Waals surface area contributed by atoms with E-state index in [9.17, 15) is 0 Å². The Labute approximate surface area is 171 Å². The molecule has 0 radical (unpaired) electrons. The first-order valence-electron chi connectivity index (χ1n) is 11.7. The average Bonchev–Trinajstić information content (AvgIpc) is 3.11. The van der Waals surface area contributed by atoms with Gasteiger partial charge in [-0.25, -0.2) is 0 Å². The van der Waals surface area contributed by atoms with E-state index in [1.807, 2.05) is 0 Å². The third-order valence-corrected chi connectivity index (χ3v) is 7.57. The molecule has 28 heavy (non-hydrogen) atoms. The summed E-state index contributed by atoms with van der Waals surface area (Å²) >= 11 is 0. The summed E-state index contributed by atoms with van der Waals surface area (Å²) in [5.41, 5.74) is 8.67. The molecule has 154 valence electrons. The minimum Gasteiger partial charge on any atom is -0.344 e. The smallest absolute Gasteiger partial charge is 0.0485 e. The predicted octanol–water partition coefficient (Wildman–Crippen LogP) is 5.38. The second kappa shape index (κ2) is 9.00. The number of para-hydroxylation sites is 1. The van der Waals surface area contributed by atoms with Gasteiger partial charge in [0.25, 0.3) is 0 Å². The number of aromatic nitrogens is 1. The van der Waals surface area contributed by atoms with Gasteiger partial charge in [0.2, 0.25) is 0 Å². The number of rotatable bonds is 6. The maximum atomic E-state index is 5.77. The summed E-state index contributed by atoms with van der Waals surface area (Å²) in [4.78, 5) is 2.81. The summed E-state index contributed by atoms with van der Waals surface area (Å²) in [6.45, 7) is 8.12. The molecule has 3 nitrogen and oxygen atoms in total. The van der Waals surface area contributed by atoms with Crippen LogP contribution in [0.15, 0.2) is 30.5 Å². The Balaban J connectivity index is 1.40. The molecule has 0 bridgehead atoms. The average molecular weight is 382 g/mol. The Bertz CT molecular complexity index is 746. The number of nitrogens with zero attached hydrogens (tertiary/aromatic N) is 2. The largest absolute Gasteiger partial charge is 0.344 e. The molecule has 1 saturated heterocycles. The molecule has 1 aromatic heterocycles. The second-order valence-corrected chi connectivity index (χ2v) is 9.55. The Morgan fingerprint density at radius 2 is 1.68 bits per heavy atom. The van der Waals surface area contributed by atoms with E-state index >= 15 is 0 Å². The molecule has 3 heteroatoms. The van der Waals surface area contributed by atoms with E-state index in [0.717, 1.165) is 37.3 Å². The van der Waals surface area contributed by atoms with Crippen LogP contribution < -0.4 is 5.73 Å². The number of nitrogens with two attached hydrogens (primary N) is 1. The molecule has 2 aliphatic rings. The summed E-state index contributed by atoms with van der Waals surface area (Å²) in [5.74, 6) is 1.83. The maximum absolute atomic E-state index is 5.77. The van der Waals surface area contributed by atoms with Crippen molar-refractivity contribution in [2.24, 2.45) is 17.6 Å². The lowest BCUT2D eigenvalue weighted by Crippen LogP contribution is -2.43. The van der Waals surface area contributed by atoms with Gasteiger partial charge in [0.1, 0.15) is 0 Å². The highest BCUT2D eigenvalue weighted by atomic mass is 15.2. The van der Waals surface area contributed by atoms with Crippen LogP contribution in [0.5, 0.6) is 0 Å². The van der Waals surface area contributed by atoms with Crippen molar-refractivity contribution < 1.29 is 0 Å². The Hall–Kier alpha value is -1.32. The van der Waals surface area contributed by atoms with E-state index in [2.05, 4.69) is 53.8 Å². The molecule has 1 aromatic carbocycles. The van der Waals surface area contributed by atoms with Crippen molar-refractivity contribution >= 4 is 10.9 Å². The highest BCUT2D eigenvalue weighted by molar-refractivity contribution is 5.84. The van der Waals surface area contributed by atoms with Crippen LogP contribution in [-0.4, -0.2) is 35.1 Å². The van der Waals surface area contributed by atoms with Gasteiger partial charge in [0.05, 0.1) is 0 Å². The summed E-state index contributed by atoms with van der Waals surface area (Å²) in [5, 5.41) is 1.44. The fraction of sp³-hybridized carbons (Fsp3) is 0.680. The van der Waals surface area contributed by atoms with Gasteiger partial charge in [-0.05, 0) is 81.4 Å². The van der Waals surface area contributed by atoms with Crippen molar-refractivity contribution in [3.05, 3.63) is 36.0 Å². The van der Waals surface area contributed by atoms with E-state index in [4.69, 9.17) is 5.73 Å². The van der Waals surface area contributed by atoms with Gasteiger partial charge in [-0.2, -0.15) is 0 Å². The Kier molecular flexibility index (Phi) is 6.42. The van der Waals surface area contributed by atoms with E-state index in [-0.39, 0.29) is 0 Å². The Morgan fingerprint density at radius 3 is 2.36 bits per heavy atom. The normalized spacial score (nSPS) is 25.0. The third-order valence-electron chi connectivity index (χ3n) is 7.57. The zero-order valence-corrected chi connectivity index (χ0v) is 17.9.